The molecule has 0 bridgehead atoms. The number of rotatable bonds is 5. The summed E-state index contributed by atoms with van der Waals surface area (Å²) >= 11 is 6.30. The molecule has 0 aliphatic carbocycles. The molecule has 7 heteroatoms. The van der Waals surface area contributed by atoms with Gasteiger partial charge in [0.05, 0.1) is 4.91 Å². The Morgan fingerprint density at radius 3 is 2.46 bits per heavy atom. The van der Waals surface area contributed by atoms with E-state index in [1.54, 1.807) is 18.2 Å². The van der Waals surface area contributed by atoms with E-state index < -0.39 is 17.9 Å². The first-order chi connectivity index (χ1) is 12.5. The maximum atomic E-state index is 13.0. The maximum Gasteiger partial charge on any atom is 0.327 e. The molecule has 1 atom stereocenters. The zero-order valence-corrected chi connectivity index (χ0v) is 15.1. The van der Waals surface area contributed by atoms with Crippen molar-refractivity contribution in [1.82, 2.24) is 4.90 Å². The van der Waals surface area contributed by atoms with Crippen molar-refractivity contribution in [3.05, 3.63) is 76.4 Å². The first-order valence-electron chi connectivity index (χ1n) is 7.75. The Kier molecular flexibility index (Phi) is 5.49. The number of carboxylic acid groups (broad SMARTS) is 1. The molecule has 1 fully saturated rings. The number of hydrogen-bond donors (Lipinski definition) is 1. The molecule has 26 heavy (non-hydrogen) atoms. The molecular weight excluding hydrogens is 373 g/mol. The van der Waals surface area contributed by atoms with E-state index in [4.69, 9.17) is 12.2 Å². The van der Waals surface area contributed by atoms with E-state index >= 15 is 0 Å². The van der Waals surface area contributed by atoms with E-state index in [0.29, 0.717) is 10.5 Å². The second kappa shape index (κ2) is 7.80. The number of hydrogen-bond acceptors (Lipinski definition) is 4. The van der Waals surface area contributed by atoms with Crippen LogP contribution in [-0.2, 0) is 16.0 Å². The Morgan fingerprint density at radius 2 is 1.85 bits per heavy atom. The molecule has 1 heterocycles. The fourth-order valence-electron chi connectivity index (χ4n) is 2.59. The van der Waals surface area contributed by atoms with E-state index in [1.165, 1.54) is 12.1 Å². The van der Waals surface area contributed by atoms with E-state index in [1.807, 2.05) is 30.3 Å². The Bertz CT molecular complexity index is 881. The van der Waals surface area contributed by atoms with Gasteiger partial charge in [-0.1, -0.05) is 66.4 Å². The number of carbonyl (C=O) groups is 2. The molecule has 2 aromatic rings. The predicted molar refractivity (Wildman–Crippen MR) is 103 cm³/mol. The number of aliphatic carboxylic acids is 1. The molecule has 132 valence electrons. The van der Waals surface area contributed by atoms with Crippen LogP contribution in [0.1, 0.15) is 11.1 Å². The first kappa shape index (κ1) is 18.3. The van der Waals surface area contributed by atoms with Gasteiger partial charge in [0.1, 0.15) is 16.2 Å². The molecule has 4 nitrogen and oxygen atoms in total. The number of carboxylic acids is 1. The van der Waals surface area contributed by atoms with E-state index in [0.717, 1.165) is 22.2 Å². The number of halogens is 1. The summed E-state index contributed by atoms with van der Waals surface area (Å²) in [5.74, 6) is -1.94. The smallest absolute Gasteiger partial charge is 0.327 e. The van der Waals surface area contributed by atoms with Crippen molar-refractivity contribution in [2.75, 3.05) is 0 Å². The van der Waals surface area contributed by atoms with Crippen molar-refractivity contribution in [2.24, 2.45) is 0 Å². The number of carbonyl (C=O) groups excluding carboxylic acids is 1. The second-order valence-electron chi connectivity index (χ2n) is 5.65. The fraction of sp³-hybridized carbons (Fsp3) is 0.105. The lowest BCUT2D eigenvalue weighted by atomic mass is 10.0. The van der Waals surface area contributed by atoms with Gasteiger partial charge in [-0.25, -0.2) is 9.18 Å². The summed E-state index contributed by atoms with van der Waals surface area (Å²) in [4.78, 5) is 26.0. The third-order valence-corrected chi connectivity index (χ3v) is 5.19. The highest BCUT2D eigenvalue weighted by molar-refractivity contribution is 8.26. The average molecular weight is 387 g/mol. The van der Waals surface area contributed by atoms with Crippen LogP contribution in [-0.4, -0.2) is 32.2 Å². The van der Waals surface area contributed by atoms with E-state index in [2.05, 4.69) is 0 Å². The quantitative estimate of drug-likeness (QED) is 0.626. The summed E-state index contributed by atoms with van der Waals surface area (Å²) in [7, 11) is 0. The summed E-state index contributed by atoms with van der Waals surface area (Å²) in [6.45, 7) is 0. The van der Waals surface area contributed by atoms with E-state index in [-0.39, 0.29) is 16.6 Å². The molecule has 0 spiro atoms. The predicted octanol–water partition coefficient (Wildman–Crippen LogP) is 3.72. The van der Waals surface area contributed by atoms with Crippen LogP contribution < -0.4 is 0 Å². The lowest BCUT2D eigenvalue weighted by Crippen LogP contribution is -2.45. The largest absolute Gasteiger partial charge is 0.480 e. The van der Waals surface area contributed by atoms with Gasteiger partial charge in [0.15, 0.2) is 0 Å². The maximum absolute atomic E-state index is 13.0. The van der Waals surface area contributed by atoms with Crippen LogP contribution in [0.15, 0.2) is 59.5 Å². The van der Waals surface area contributed by atoms with Crippen LogP contribution >= 0.6 is 24.0 Å². The summed E-state index contributed by atoms with van der Waals surface area (Å²) in [5.41, 5.74) is 1.44. The minimum Gasteiger partial charge on any atom is -0.480 e. The lowest BCUT2D eigenvalue weighted by Gasteiger charge is -2.23. The van der Waals surface area contributed by atoms with Gasteiger partial charge in [-0.15, -0.1) is 0 Å². The number of thioether (sulfide) groups is 1. The molecular formula is C19H14FNO3S2. The third kappa shape index (κ3) is 4.00. The van der Waals surface area contributed by atoms with Crippen molar-refractivity contribution in [3.8, 4) is 0 Å². The summed E-state index contributed by atoms with van der Waals surface area (Å²) in [6, 6.07) is 13.7. The topological polar surface area (TPSA) is 57.6 Å². The monoisotopic (exact) mass is 387 g/mol. The zero-order chi connectivity index (χ0) is 18.7. The molecule has 0 aromatic heterocycles. The van der Waals surface area contributed by atoms with Gasteiger partial charge in [0.2, 0.25) is 0 Å². The van der Waals surface area contributed by atoms with E-state index in [9.17, 15) is 19.1 Å². The third-order valence-electron chi connectivity index (χ3n) is 3.86. The van der Waals surface area contributed by atoms with Gasteiger partial charge in [-0.3, -0.25) is 9.69 Å². The number of thiocarbonyl (C=S) groups is 1. The highest BCUT2D eigenvalue weighted by atomic mass is 32.2. The minimum atomic E-state index is -1.12. The first-order valence-corrected chi connectivity index (χ1v) is 8.97. The number of benzene rings is 2. The highest BCUT2D eigenvalue weighted by Gasteiger charge is 2.40. The SMILES string of the molecule is O=C(O)C(Cc1ccccc1)N1C(=O)/C(=C/c2ccc(F)cc2)SC1=S. The average Bonchev–Trinajstić information content (AvgIpc) is 2.89. The zero-order valence-electron chi connectivity index (χ0n) is 13.5. The standard InChI is InChI=1S/C19H14FNO3S2/c20-14-8-6-13(7-9-14)11-16-17(22)21(19(25)26-16)15(18(23)24)10-12-4-2-1-3-5-12/h1-9,11,15H,10H2,(H,23,24)/b16-11-. The molecule has 2 aromatic carbocycles. The molecule has 1 unspecified atom stereocenters. The van der Waals surface area contributed by atoms with Crippen LogP contribution in [0, 0.1) is 5.82 Å². The van der Waals surface area contributed by atoms with Gasteiger partial charge < -0.3 is 5.11 Å². The fourth-order valence-corrected chi connectivity index (χ4v) is 3.94. The van der Waals surface area contributed by atoms with Gasteiger partial charge >= 0.3 is 5.97 Å². The summed E-state index contributed by atoms with van der Waals surface area (Å²) in [5, 5.41) is 9.61. The summed E-state index contributed by atoms with van der Waals surface area (Å²) < 4.78 is 13.2. The van der Waals surface area contributed by atoms with Crippen LogP contribution in [0.2, 0.25) is 0 Å². The van der Waals surface area contributed by atoms with Crippen molar-refractivity contribution >= 4 is 46.3 Å². The van der Waals surface area contributed by atoms with Crippen LogP contribution in [0.4, 0.5) is 4.39 Å². The molecule has 1 aliphatic heterocycles. The summed E-state index contributed by atoms with van der Waals surface area (Å²) in [6.07, 6.45) is 1.74. The molecule has 1 amide bonds. The lowest BCUT2D eigenvalue weighted by molar-refractivity contribution is -0.145. The van der Waals surface area contributed by atoms with Crippen molar-refractivity contribution < 1.29 is 19.1 Å². The van der Waals surface area contributed by atoms with Gasteiger partial charge in [-0.05, 0) is 29.3 Å². The number of amides is 1. The Balaban J connectivity index is 1.86. The molecule has 1 aliphatic rings. The van der Waals surface area contributed by atoms with Crippen molar-refractivity contribution in [3.63, 3.8) is 0 Å². The molecule has 1 N–H and O–H groups in total. The Labute approximate surface area is 159 Å². The number of nitrogens with zero attached hydrogens (tertiary/aromatic N) is 1. The highest BCUT2D eigenvalue weighted by Crippen LogP contribution is 2.34. The van der Waals surface area contributed by atoms with Crippen LogP contribution in [0.3, 0.4) is 0 Å². The normalized spacial score (nSPS) is 17.0. The Morgan fingerprint density at radius 1 is 1.19 bits per heavy atom. The van der Waals surface area contributed by atoms with Crippen molar-refractivity contribution in [2.45, 2.75) is 12.5 Å². The molecule has 1 saturated heterocycles. The van der Waals surface area contributed by atoms with Crippen molar-refractivity contribution in [1.29, 1.82) is 0 Å². The second-order valence-corrected chi connectivity index (χ2v) is 7.32. The Hall–Kier alpha value is -2.51. The van der Waals surface area contributed by atoms with Gasteiger partial charge in [0, 0.05) is 6.42 Å². The van der Waals surface area contributed by atoms with Crippen LogP contribution in [0.5, 0.6) is 0 Å². The van der Waals surface area contributed by atoms with Gasteiger partial charge in [0.25, 0.3) is 5.91 Å². The molecule has 0 radical (unpaired) electrons. The minimum absolute atomic E-state index is 0.159. The van der Waals surface area contributed by atoms with Crippen LogP contribution in [0.25, 0.3) is 6.08 Å². The molecule has 0 saturated carbocycles. The molecule has 3 rings (SSSR count). The van der Waals surface area contributed by atoms with Gasteiger partial charge in [-0.2, -0.15) is 0 Å².